The molecule has 3 aromatic rings. The van der Waals surface area contributed by atoms with Crippen LogP contribution in [0.2, 0.25) is 0 Å². The third-order valence-electron chi connectivity index (χ3n) is 3.92. The lowest BCUT2D eigenvalue weighted by Crippen LogP contribution is -2.23. The molecule has 0 amide bonds. The van der Waals surface area contributed by atoms with Crippen molar-refractivity contribution in [3.8, 4) is 16.9 Å². The lowest BCUT2D eigenvalue weighted by molar-refractivity contribution is 0.105. The number of aromatic hydroxyl groups is 1. The summed E-state index contributed by atoms with van der Waals surface area (Å²) in [4.78, 5) is 0. The molecule has 24 heavy (non-hydrogen) atoms. The predicted molar refractivity (Wildman–Crippen MR) is 100 cm³/mol. The van der Waals surface area contributed by atoms with Gasteiger partial charge < -0.3 is 20.6 Å². The maximum absolute atomic E-state index is 10.5. The Morgan fingerprint density at radius 3 is 2.58 bits per heavy atom. The summed E-state index contributed by atoms with van der Waals surface area (Å²) < 4.78 is 0.817. The van der Waals surface area contributed by atoms with Gasteiger partial charge in [-0.1, -0.05) is 42.5 Å². The van der Waals surface area contributed by atoms with E-state index < -0.39 is 6.10 Å². The van der Waals surface area contributed by atoms with E-state index in [-0.39, 0.29) is 18.9 Å². The van der Waals surface area contributed by atoms with Gasteiger partial charge in [0.1, 0.15) is 5.75 Å². The SMILES string of the molecule is OCC(O)CNc1c(Br)cccc1-c1c(O)ccc2ccccc12. The van der Waals surface area contributed by atoms with Gasteiger partial charge in [0.2, 0.25) is 0 Å². The van der Waals surface area contributed by atoms with Crippen molar-refractivity contribution in [2.45, 2.75) is 6.10 Å². The highest BCUT2D eigenvalue weighted by Gasteiger charge is 2.16. The van der Waals surface area contributed by atoms with Crippen molar-refractivity contribution in [2.24, 2.45) is 0 Å². The Kier molecular flexibility index (Phi) is 5.04. The van der Waals surface area contributed by atoms with E-state index in [2.05, 4.69) is 21.2 Å². The Morgan fingerprint density at radius 2 is 1.79 bits per heavy atom. The number of phenolic OH excluding ortho intramolecular Hbond substituents is 1. The molecule has 0 spiro atoms. The maximum atomic E-state index is 10.5. The van der Waals surface area contributed by atoms with Gasteiger partial charge in [0.25, 0.3) is 0 Å². The second-order valence-electron chi connectivity index (χ2n) is 5.56. The molecule has 124 valence electrons. The summed E-state index contributed by atoms with van der Waals surface area (Å²) in [6, 6.07) is 17.1. The van der Waals surface area contributed by atoms with Crippen molar-refractivity contribution >= 4 is 32.4 Å². The molecule has 0 heterocycles. The third-order valence-corrected chi connectivity index (χ3v) is 4.58. The van der Waals surface area contributed by atoms with Crippen LogP contribution in [0.5, 0.6) is 5.75 Å². The zero-order valence-corrected chi connectivity index (χ0v) is 14.5. The molecule has 4 N–H and O–H groups in total. The predicted octanol–water partition coefficient (Wildman–Crippen LogP) is 3.74. The van der Waals surface area contributed by atoms with Gasteiger partial charge in [-0.2, -0.15) is 0 Å². The van der Waals surface area contributed by atoms with E-state index in [0.717, 1.165) is 32.1 Å². The quantitative estimate of drug-likeness (QED) is 0.538. The van der Waals surface area contributed by atoms with E-state index in [4.69, 9.17) is 5.11 Å². The highest BCUT2D eigenvalue weighted by atomic mass is 79.9. The minimum Gasteiger partial charge on any atom is -0.507 e. The summed E-state index contributed by atoms with van der Waals surface area (Å²) in [6.07, 6.45) is -0.855. The first kappa shape index (κ1) is 16.8. The van der Waals surface area contributed by atoms with Crippen molar-refractivity contribution < 1.29 is 15.3 Å². The molecular formula is C19H18BrNO3. The van der Waals surface area contributed by atoms with Crippen molar-refractivity contribution in [3.05, 3.63) is 59.1 Å². The third kappa shape index (κ3) is 3.24. The topological polar surface area (TPSA) is 72.7 Å². The summed E-state index contributed by atoms with van der Waals surface area (Å²) in [5.74, 6) is 0.192. The lowest BCUT2D eigenvalue weighted by atomic mass is 9.96. The first-order valence-corrected chi connectivity index (χ1v) is 8.43. The first-order valence-electron chi connectivity index (χ1n) is 7.64. The summed E-state index contributed by atoms with van der Waals surface area (Å²) in [5, 5.41) is 34.2. The normalized spacial score (nSPS) is 12.3. The van der Waals surface area contributed by atoms with Crippen LogP contribution in [-0.2, 0) is 0 Å². The minimum absolute atomic E-state index is 0.192. The van der Waals surface area contributed by atoms with Crippen molar-refractivity contribution in [1.82, 2.24) is 0 Å². The van der Waals surface area contributed by atoms with E-state index in [1.54, 1.807) is 6.07 Å². The van der Waals surface area contributed by atoms with Crippen LogP contribution in [0.25, 0.3) is 21.9 Å². The number of hydrogen-bond acceptors (Lipinski definition) is 4. The lowest BCUT2D eigenvalue weighted by Gasteiger charge is -2.18. The first-order chi connectivity index (χ1) is 11.6. The molecule has 5 heteroatoms. The number of anilines is 1. The number of aliphatic hydroxyl groups is 2. The van der Waals surface area contributed by atoms with Crippen molar-refractivity contribution in [2.75, 3.05) is 18.5 Å². The standard InChI is InChI=1S/C19H18BrNO3/c20-16-7-3-6-15(19(16)21-10-13(23)11-22)18-14-5-2-1-4-12(14)8-9-17(18)24/h1-9,13,21-24H,10-11H2. The van der Waals surface area contributed by atoms with Gasteiger partial charge in [0.15, 0.2) is 0 Å². The molecular weight excluding hydrogens is 370 g/mol. The number of rotatable bonds is 5. The van der Waals surface area contributed by atoms with Crippen LogP contribution in [0.15, 0.2) is 59.1 Å². The second-order valence-corrected chi connectivity index (χ2v) is 6.41. The summed E-state index contributed by atoms with van der Waals surface area (Å²) in [7, 11) is 0. The van der Waals surface area contributed by atoms with Crippen LogP contribution >= 0.6 is 15.9 Å². The molecule has 0 aliphatic carbocycles. The fraction of sp³-hybridized carbons (Fsp3) is 0.158. The number of fused-ring (bicyclic) bond motifs is 1. The number of para-hydroxylation sites is 1. The Morgan fingerprint density at radius 1 is 1.00 bits per heavy atom. The molecule has 0 fully saturated rings. The molecule has 0 aliphatic heterocycles. The number of nitrogens with one attached hydrogen (secondary N) is 1. The Bertz CT molecular complexity index is 866. The zero-order valence-electron chi connectivity index (χ0n) is 12.9. The molecule has 0 bridgehead atoms. The average molecular weight is 388 g/mol. The van der Waals surface area contributed by atoms with Crippen LogP contribution in [0.3, 0.4) is 0 Å². The van der Waals surface area contributed by atoms with E-state index in [0.29, 0.717) is 0 Å². The van der Waals surface area contributed by atoms with Gasteiger partial charge in [0.05, 0.1) is 18.4 Å². The smallest absolute Gasteiger partial charge is 0.124 e. The molecule has 0 saturated carbocycles. The van der Waals surface area contributed by atoms with Gasteiger partial charge in [-0.25, -0.2) is 0 Å². The van der Waals surface area contributed by atoms with Gasteiger partial charge in [-0.15, -0.1) is 0 Å². The Hall–Kier alpha value is -2.08. The number of benzene rings is 3. The fourth-order valence-electron chi connectivity index (χ4n) is 2.74. The number of hydrogen-bond donors (Lipinski definition) is 4. The fourth-order valence-corrected chi connectivity index (χ4v) is 3.25. The van der Waals surface area contributed by atoms with Crippen molar-refractivity contribution in [3.63, 3.8) is 0 Å². The summed E-state index contributed by atoms with van der Waals surface area (Å²) in [6.45, 7) is -0.107. The van der Waals surface area contributed by atoms with E-state index in [9.17, 15) is 10.2 Å². The molecule has 0 saturated heterocycles. The van der Waals surface area contributed by atoms with Gasteiger partial charge in [0, 0.05) is 22.1 Å². The van der Waals surface area contributed by atoms with Crippen LogP contribution in [0, 0.1) is 0 Å². The molecule has 3 aromatic carbocycles. The monoisotopic (exact) mass is 387 g/mol. The summed E-state index contributed by atoms with van der Waals surface area (Å²) in [5.41, 5.74) is 2.32. The van der Waals surface area contributed by atoms with E-state index in [1.165, 1.54) is 0 Å². The Labute approximate surface area is 148 Å². The largest absolute Gasteiger partial charge is 0.507 e. The van der Waals surface area contributed by atoms with Crippen LogP contribution in [0.4, 0.5) is 5.69 Å². The van der Waals surface area contributed by atoms with Crippen LogP contribution in [0.1, 0.15) is 0 Å². The van der Waals surface area contributed by atoms with E-state index in [1.807, 2.05) is 48.5 Å². The maximum Gasteiger partial charge on any atom is 0.124 e. The van der Waals surface area contributed by atoms with Gasteiger partial charge in [-0.05, 0) is 38.8 Å². The van der Waals surface area contributed by atoms with Crippen LogP contribution in [-0.4, -0.2) is 34.6 Å². The molecule has 3 rings (SSSR count). The number of aliphatic hydroxyl groups excluding tert-OH is 2. The molecule has 0 aliphatic rings. The van der Waals surface area contributed by atoms with E-state index >= 15 is 0 Å². The van der Waals surface area contributed by atoms with Gasteiger partial charge in [-0.3, -0.25) is 0 Å². The minimum atomic E-state index is -0.855. The van der Waals surface area contributed by atoms with Crippen molar-refractivity contribution in [1.29, 1.82) is 0 Å². The number of phenols is 1. The highest BCUT2D eigenvalue weighted by Crippen LogP contribution is 2.42. The highest BCUT2D eigenvalue weighted by molar-refractivity contribution is 9.10. The molecule has 1 unspecified atom stereocenters. The summed E-state index contributed by atoms with van der Waals surface area (Å²) >= 11 is 3.52. The molecule has 4 nitrogen and oxygen atoms in total. The van der Waals surface area contributed by atoms with Crippen LogP contribution < -0.4 is 5.32 Å². The molecule has 0 aromatic heterocycles. The molecule has 0 radical (unpaired) electrons. The Balaban J connectivity index is 2.17. The average Bonchev–Trinajstić information content (AvgIpc) is 2.60. The zero-order chi connectivity index (χ0) is 17.1. The number of halogens is 1. The second kappa shape index (κ2) is 7.21. The molecule has 1 atom stereocenters. The van der Waals surface area contributed by atoms with Gasteiger partial charge >= 0.3 is 0 Å².